The van der Waals surface area contributed by atoms with E-state index in [1.165, 1.54) is 0 Å². The molecular weight excluding hydrogens is 247 g/mol. The maximum absolute atomic E-state index is 11.9. The molecule has 6 heteroatoms. The van der Waals surface area contributed by atoms with Crippen molar-refractivity contribution in [2.45, 2.75) is 44.8 Å². The SMILES string of the molecule is COCCOCCCNC(C)CCCC(F)(F)F. The van der Waals surface area contributed by atoms with Crippen LogP contribution in [0.2, 0.25) is 0 Å². The molecule has 0 aliphatic rings. The van der Waals surface area contributed by atoms with Crippen LogP contribution in [0.5, 0.6) is 0 Å². The maximum atomic E-state index is 11.9. The summed E-state index contributed by atoms with van der Waals surface area (Å²) in [6, 6.07) is 0.117. The molecule has 110 valence electrons. The minimum Gasteiger partial charge on any atom is -0.382 e. The predicted octanol–water partition coefficient (Wildman–Crippen LogP) is 2.75. The van der Waals surface area contributed by atoms with Crippen molar-refractivity contribution in [1.82, 2.24) is 5.32 Å². The van der Waals surface area contributed by atoms with Gasteiger partial charge in [-0.25, -0.2) is 0 Å². The smallest absolute Gasteiger partial charge is 0.382 e. The first kappa shape index (κ1) is 17.7. The van der Waals surface area contributed by atoms with Gasteiger partial charge in [-0.15, -0.1) is 0 Å². The molecule has 0 aromatic heterocycles. The van der Waals surface area contributed by atoms with Gasteiger partial charge < -0.3 is 14.8 Å². The summed E-state index contributed by atoms with van der Waals surface area (Å²) in [5.74, 6) is 0. The van der Waals surface area contributed by atoms with Crippen LogP contribution in [-0.2, 0) is 9.47 Å². The number of ether oxygens (including phenoxy) is 2. The minimum absolute atomic E-state index is 0.117. The third-order valence-electron chi connectivity index (χ3n) is 2.49. The van der Waals surface area contributed by atoms with Gasteiger partial charge in [0.1, 0.15) is 0 Å². The van der Waals surface area contributed by atoms with Crippen molar-refractivity contribution >= 4 is 0 Å². The highest BCUT2D eigenvalue weighted by Crippen LogP contribution is 2.22. The lowest BCUT2D eigenvalue weighted by Gasteiger charge is -2.14. The van der Waals surface area contributed by atoms with Crippen LogP contribution in [0, 0.1) is 0 Å². The molecule has 0 aromatic carbocycles. The van der Waals surface area contributed by atoms with Crippen molar-refractivity contribution < 1.29 is 22.6 Å². The summed E-state index contributed by atoms with van der Waals surface area (Å²) < 4.78 is 45.8. The molecule has 1 atom stereocenters. The fraction of sp³-hybridized carbons (Fsp3) is 1.00. The first-order valence-electron chi connectivity index (χ1n) is 6.32. The van der Waals surface area contributed by atoms with Gasteiger partial charge in [0.2, 0.25) is 0 Å². The van der Waals surface area contributed by atoms with Gasteiger partial charge in [-0.05, 0) is 32.7 Å². The molecule has 0 fully saturated rings. The van der Waals surface area contributed by atoms with E-state index in [-0.39, 0.29) is 12.5 Å². The van der Waals surface area contributed by atoms with Crippen LogP contribution < -0.4 is 5.32 Å². The van der Waals surface area contributed by atoms with Crippen molar-refractivity contribution in [2.75, 3.05) is 33.5 Å². The molecule has 0 rings (SSSR count). The molecular formula is C12H24F3NO2. The molecule has 0 amide bonds. The van der Waals surface area contributed by atoms with Crippen molar-refractivity contribution in [3.05, 3.63) is 0 Å². The Morgan fingerprint density at radius 3 is 2.44 bits per heavy atom. The van der Waals surface area contributed by atoms with Crippen LogP contribution in [0.4, 0.5) is 13.2 Å². The average Bonchev–Trinajstić information content (AvgIpc) is 2.26. The lowest BCUT2D eigenvalue weighted by Crippen LogP contribution is -2.28. The Kier molecular flexibility index (Phi) is 10.4. The Balaban J connectivity index is 3.24. The summed E-state index contributed by atoms with van der Waals surface area (Å²) in [4.78, 5) is 0. The highest BCUT2D eigenvalue weighted by molar-refractivity contribution is 4.62. The lowest BCUT2D eigenvalue weighted by molar-refractivity contribution is -0.135. The summed E-state index contributed by atoms with van der Waals surface area (Å²) in [7, 11) is 1.62. The zero-order chi connectivity index (χ0) is 13.9. The maximum Gasteiger partial charge on any atom is 0.389 e. The Bertz CT molecular complexity index is 189. The van der Waals surface area contributed by atoms with Crippen molar-refractivity contribution in [3.8, 4) is 0 Å². The second-order valence-electron chi connectivity index (χ2n) is 4.32. The number of methoxy groups -OCH3 is 1. The zero-order valence-electron chi connectivity index (χ0n) is 11.2. The highest BCUT2D eigenvalue weighted by Gasteiger charge is 2.26. The molecule has 0 spiro atoms. The monoisotopic (exact) mass is 271 g/mol. The fourth-order valence-electron chi connectivity index (χ4n) is 1.48. The Morgan fingerprint density at radius 1 is 1.11 bits per heavy atom. The van der Waals surface area contributed by atoms with Gasteiger partial charge in [-0.2, -0.15) is 13.2 Å². The van der Waals surface area contributed by atoms with E-state index in [0.717, 1.165) is 13.0 Å². The van der Waals surface area contributed by atoms with E-state index < -0.39 is 12.6 Å². The molecule has 0 aliphatic heterocycles. The van der Waals surface area contributed by atoms with E-state index in [9.17, 15) is 13.2 Å². The molecule has 18 heavy (non-hydrogen) atoms. The quantitative estimate of drug-likeness (QED) is 0.586. The Morgan fingerprint density at radius 2 is 1.83 bits per heavy atom. The molecule has 0 radical (unpaired) electrons. The second-order valence-corrected chi connectivity index (χ2v) is 4.32. The van der Waals surface area contributed by atoms with E-state index >= 15 is 0 Å². The van der Waals surface area contributed by atoms with Gasteiger partial charge in [0.05, 0.1) is 13.2 Å². The summed E-state index contributed by atoms with van der Waals surface area (Å²) in [5.41, 5.74) is 0. The van der Waals surface area contributed by atoms with Gasteiger partial charge >= 0.3 is 6.18 Å². The lowest BCUT2D eigenvalue weighted by atomic mass is 10.1. The molecule has 0 heterocycles. The largest absolute Gasteiger partial charge is 0.389 e. The highest BCUT2D eigenvalue weighted by atomic mass is 19.4. The summed E-state index contributed by atoms with van der Waals surface area (Å²) in [5, 5.41) is 3.18. The van der Waals surface area contributed by atoms with Gasteiger partial charge in [0, 0.05) is 26.2 Å². The van der Waals surface area contributed by atoms with E-state index in [4.69, 9.17) is 9.47 Å². The molecule has 1 unspecified atom stereocenters. The minimum atomic E-state index is -4.03. The first-order chi connectivity index (χ1) is 8.45. The molecule has 1 N–H and O–H groups in total. The van der Waals surface area contributed by atoms with Crippen LogP contribution in [0.1, 0.15) is 32.6 Å². The molecule has 0 aromatic rings. The topological polar surface area (TPSA) is 30.5 Å². The number of hydrogen-bond donors (Lipinski definition) is 1. The zero-order valence-corrected chi connectivity index (χ0v) is 11.2. The number of nitrogens with one attached hydrogen (secondary N) is 1. The second kappa shape index (κ2) is 10.6. The van der Waals surface area contributed by atoms with Crippen molar-refractivity contribution in [1.29, 1.82) is 0 Å². The number of alkyl halides is 3. The van der Waals surface area contributed by atoms with E-state index in [1.807, 2.05) is 6.92 Å². The Hall–Kier alpha value is -0.330. The molecule has 0 saturated heterocycles. The third kappa shape index (κ3) is 13.7. The summed E-state index contributed by atoms with van der Waals surface area (Å²) in [6.07, 6.45) is -3.15. The molecule has 0 bridgehead atoms. The predicted molar refractivity (Wildman–Crippen MR) is 64.7 cm³/mol. The van der Waals surface area contributed by atoms with Gasteiger partial charge in [-0.3, -0.25) is 0 Å². The number of rotatable bonds is 11. The normalized spacial score (nSPS) is 13.8. The van der Waals surface area contributed by atoms with Crippen LogP contribution >= 0.6 is 0 Å². The molecule has 3 nitrogen and oxygen atoms in total. The van der Waals surface area contributed by atoms with Gasteiger partial charge in [0.25, 0.3) is 0 Å². The molecule has 0 aliphatic carbocycles. The van der Waals surface area contributed by atoms with Gasteiger partial charge in [0.15, 0.2) is 0 Å². The summed E-state index contributed by atoms with van der Waals surface area (Å²) >= 11 is 0. The number of halogens is 3. The van der Waals surface area contributed by atoms with E-state index in [0.29, 0.717) is 26.2 Å². The van der Waals surface area contributed by atoms with Crippen LogP contribution in [-0.4, -0.2) is 45.7 Å². The van der Waals surface area contributed by atoms with Crippen molar-refractivity contribution in [2.24, 2.45) is 0 Å². The van der Waals surface area contributed by atoms with Crippen molar-refractivity contribution in [3.63, 3.8) is 0 Å². The fourth-order valence-corrected chi connectivity index (χ4v) is 1.48. The van der Waals surface area contributed by atoms with E-state index in [2.05, 4.69) is 5.32 Å². The van der Waals surface area contributed by atoms with Gasteiger partial charge in [-0.1, -0.05) is 0 Å². The third-order valence-corrected chi connectivity index (χ3v) is 2.49. The number of hydrogen-bond acceptors (Lipinski definition) is 3. The summed E-state index contributed by atoms with van der Waals surface area (Å²) in [6.45, 7) is 4.48. The van der Waals surface area contributed by atoms with Crippen LogP contribution in [0.3, 0.4) is 0 Å². The Labute approximate surface area is 107 Å². The average molecular weight is 271 g/mol. The standard InChI is InChI=1S/C12H24F3NO2/c1-11(5-3-6-12(13,14)15)16-7-4-8-18-10-9-17-2/h11,16H,3-10H2,1-2H3. The van der Waals surface area contributed by atoms with E-state index in [1.54, 1.807) is 7.11 Å². The first-order valence-corrected chi connectivity index (χ1v) is 6.32. The van der Waals surface area contributed by atoms with Crippen LogP contribution in [0.25, 0.3) is 0 Å². The molecule has 0 saturated carbocycles. The van der Waals surface area contributed by atoms with Crippen LogP contribution in [0.15, 0.2) is 0 Å².